The van der Waals surface area contributed by atoms with Gasteiger partial charge in [0.05, 0.1) is 0 Å². The highest BCUT2D eigenvalue weighted by atomic mass is 16.1. The van der Waals surface area contributed by atoms with E-state index < -0.39 is 0 Å². The maximum Gasteiger partial charge on any atom is 0.156 e. The molecular weight excluding hydrogens is 296 g/mol. The minimum atomic E-state index is -0.124. The van der Waals surface area contributed by atoms with E-state index in [0.717, 1.165) is 32.1 Å². The summed E-state index contributed by atoms with van der Waals surface area (Å²) in [6, 6.07) is 0. The summed E-state index contributed by atoms with van der Waals surface area (Å²) in [5.74, 6) is 2.11. The van der Waals surface area contributed by atoms with Crippen LogP contribution in [0.3, 0.4) is 0 Å². The van der Waals surface area contributed by atoms with Gasteiger partial charge < -0.3 is 0 Å². The van der Waals surface area contributed by atoms with Crippen LogP contribution in [0.5, 0.6) is 0 Å². The molecule has 0 spiro atoms. The van der Waals surface area contributed by atoms with Crippen molar-refractivity contribution in [3.8, 4) is 0 Å². The third-order valence-electron chi connectivity index (χ3n) is 8.27. The van der Waals surface area contributed by atoms with E-state index in [1.54, 1.807) is 5.57 Å². The van der Waals surface area contributed by atoms with Gasteiger partial charge in [0.15, 0.2) is 5.78 Å². The molecule has 0 bridgehead atoms. The molecule has 0 aromatic rings. The number of allylic oxidation sites excluding steroid dienone is 4. The minimum absolute atomic E-state index is 0.124. The summed E-state index contributed by atoms with van der Waals surface area (Å²) in [6.07, 6.45) is 11.1. The fourth-order valence-corrected chi connectivity index (χ4v) is 6.65. The molecule has 0 heterocycles. The average Bonchev–Trinajstić information content (AvgIpc) is 2.86. The van der Waals surface area contributed by atoms with E-state index in [2.05, 4.69) is 13.8 Å². The standard InChI is InChI=1S/C22H30O2/c1-4-20(24)22(3)12-10-19-18-7-5-14-13-15(23)6-8-16(14)17(18)9-11-21(19,22)2/h13,18-19H,4-12H2,1-3H3/t18?,19?,21-,22+/m0/s1. The zero-order valence-electron chi connectivity index (χ0n) is 15.4. The zero-order valence-corrected chi connectivity index (χ0v) is 15.4. The third kappa shape index (κ3) is 2.01. The number of rotatable bonds is 2. The Morgan fingerprint density at radius 1 is 1.12 bits per heavy atom. The molecule has 2 unspecified atom stereocenters. The first-order chi connectivity index (χ1) is 11.4. The SMILES string of the molecule is CCC(=O)[C@@]1(C)CCC2C3CCC4=CC(=O)CCC4=C3CC[C@@]21C. The topological polar surface area (TPSA) is 34.1 Å². The van der Waals surface area contributed by atoms with Crippen molar-refractivity contribution in [2.45, 2.75) is 78.6 Å². The van der Waals surface area contributed by atoms with Crippen LogP contribution in [0.1, 0.15) is 78.6 Å². The number of carbonyl (C=O) groups is 2. The van der Waals surface area contributed by atoms with Crippen molar-refractivity contribution in [1.29, 1.82) is 0 Å². The molecule has 4 aliphatic rings. The van der Waals surface area contributed by atoms with Crippen LogP contribution >= 0.6 is 0 Å². The zero-order chi connectivity index (χ0) is 17.1. The Labute approximate surface area is 145 Å². The average molecular weight is 326 g/mol. The van der Waals surface area contributed by atoms with Gasteiger partial charge in [-0.3, -0.25) is 9.59 Å². The summed E-state index contributed by atoms with van der Waals surface area (Å²) in [4.78, 5) is 24.5. The molecule has 4 atom stereocenters. The van der Waals surface area contributed by atoms with E-state index in [1.807, 2.05) is 13.0 Å². The molecule has 0 aromatic carbocycles. The van der Waals surface area contributed by atoms with E-state index in [9.17, 15) is 9.59 Å². The molecule has 4 rings (SSSR count). The Morgan fingerprint density at radius 3 is 2.67 bits per heavy atom. The maximum absolute atomic E-state index is 12.8. The minimum Gasteiger partial charge on any atom is -0.299 e. The largest absolute Gasteiger partial charge is 0.299 e. The van der Waals surface area contributed by atoms with Crippen LogP contribution in [0.2, 0.25) is 0 Å². The summed E-state index contributed by atoms with van der Waals surface area (Å²) in [7, 11) is 0. The van der Waals surface area contributed by atoms with Crippen molar-refractivity contribution in [3.05, 3.63) is 22.8 Å². The van der Waals surface area contributed by atoms with Gasteiger partial charge in [-0.25, -0.2) is 0 Å². The summed E-state index contributed by atoms with van der Waals surface area (Å²) >= 11 is 0. The fraction of sp³-hybridized carbons (Fsp3) is 0.727. The summed E-state index contributed by atoms with van der Waals surface area (Å²) < 4.78 is 0. The predicted molar refractivity (Wildman–Crippen MR) is 95.5 cm³/mol. The molecule has 2 saturated carbocycles. The van der Waals surface area contributed by atoms with Crippen molar-refractivity contribution in [2.75, 3.05) is 0 Å². The van der Waals surface area contributed by atoms with Crippen LogP contribution in [-0.2, 0) is 9.59 Å². The van der Waals surface area contributed by atoms with Gasteiger partial charge in [-0.15, -0.1) is 0 Å². The Morgan fingerprint density at radius 2 is 1.92 bits per heavy atom. The third-order valence-corrected chi connectivity index (χ3v) is 8.27. The molecule has 24 heavy (non-hydrogen) atoms. The molecule has 0 aromatic heterocycles. The highest BCUT2D eigenvalue weighted by Crippen LogP contribution is 2.67. The monoisotopic (exact) mass is 326 g/mol. The van der Waals surface area contributed by atoms with E-state index in [0.29, 0.717) is 36.2 Å². The summed E-state index contributed by atoms with van der Waals surface area (Å²) in [5, 5.41) is 0. The highest BCUT2D eigenvalue weighted by Gasteiger charge is 2.61. The Kier molecular flexibility index (Phi) is 3.67. The molecule has 2 fully saturated rings. The van der Waals surface area contributed by atoms with Crippen LogP contribution < -0.4 is 0 Å². The normalized spacial score (nSPS) is 41.5. The van der Waals surface area contributed by atoms with Crippen LogP contribution in [0.15, 0.2) is 22.8 Å². The number of Topliss-reactive ketones (excluding diaryl/α,β-unsaturated/α-hetero) is 1. The summed E-state index contributed by atoms with van der Waals surface area (Å²) in [5.41, 5.74) is 4.58. The van der Waals surface area contributed by atoms with Gasteiger partial charge in [0.2, 0.25) is 0 Å². The lowest BCUT2D eigenvalue weighted by Gasteiger charge is -2.52. The second-order valence-electron chi connectivity index (χ2n) is 8.96. The molecule has 2 nitrogen and oxygen atoms in total. The number of carbonyl (C=O) groups excluding carboxylic acids is 2. The summed E-state index contributed by atoms with van der Waals surface area (Å²) in [6.45, 7) is 6.69. The first kappa shape index (κ1) is 16.3. The molecule has 0 saturated heterocycles. The van der Waals surface area contributed by atoms with Crippen molar-refractivity contribution in [2.24, 2.45) is 22.7 Å². The van der Waals surface area contributed by atoms with Gasteiger partial charge >= 0.3 is 0 Å². The second kappa shape index (κ2) is 5.41. The van der Waals surface area contributed by atoms with E-state index in [-0.39, 0.29) is 10.8 Å². The predicted octanol–water partition coefficient (Wildman–Crippen LogP) is 5.18. The maximum atomic E-state index is 12.8. The number of hydrogen-bond donors (Lipinski definition) is 0. The smallest absolute Gasteiger partial charge is 0.156 e. The first-order valence-electron chi connectivity index (χ1n) is 9.89. The van der Waals surface area contributed by atoms with Crippen molar-refractivity contribution < 1.29 is 9.59 Å². The molecule has 0 aliphatic heterocycles. The Hall–Kier alpha value is -1.18. The van der Waals surface area contributed by atoms with Gasteiger partial charge in [0.1, 0.15) is 5.78 Å². The molecular formula is C22H30O2. The van der Waals surface area contributed by atoms with Crippen LogP contribution in [0, 0.1) is 22.7 Å². The molecule has 4 aliphatic carbocycles. The quantitative estimate of drug-likeness (QED) is 0.701. The lowest BCUT2D eigenvalue weighted by atomic mass is 9.51. The molecule has 2 heteroatoms. The van der Waals surface area contributed by atoms with Gasteiger partial charge in [-0.2, -0.15) is 0 Å². The Balaban J connectivity index is 1.72. The molecule has 0 radical (unpaired) electrons. The number of ketones is 2. The van der Waals surface area contributed by atoms with E-state index in [1.165, 1.54) is 24.0 Å². The number of hydrogen-bond acceptors (Lipinski definition) is 2. The van der Waals surface area contributed by atoms with Gasteiger partial charge in [0, 0.05) is 18.3 Å². The second-order valence-corrected chi connectivity index (χ2v) is 8.96. The van der Waals surface area contributed by atoms with Crippen molar-refractivity contribution in [1.82, 2.24) is 0 Å². The van der Waals surface area contributed by atoms with Crippen molar-refractivity contribution >= 4 is 11.6 Å². The lowest BCUT2D eigenvalue weighted by molar-refractivity contribution is -0.136. The van der Waals surface area contributed by atoms with Crippen LogP contribution in [0.25, 0.3) is 0 Å². The van der Waals surface area contributed by atoms with Gasteiger partial charge in [-0.05, 0) is 79.4 Å². The number of fused-ring (bicyclic) bond motifs is 4. The fourth-order valence-electron chi connectivity index (χ4n) is 6.65. The first-order valence-corrected chi connectivity index (χ1v) is 9.89. The lowest BCUT2D eigenvalue weighted by Crippen LogP contribution is -2.47. The van der Waals surface area contributed by atoms with Gasteiger partial charge in [-0.1, -0.05) is 26.3 Å². The molecule has 0 amide bonds. The van der Waals surface area contributed by atoms with Crippen LogP contribution in [0.4, 0.5) is 0 Å². The van der Waals surface area contributed by atoms with Gasteiger partial charge in [0.25, 0.3) is 0 Å². The van der Waals surface area contributed by atoms with E-state index in [4.69, 9.17) is 0 Å². The molecule has 0 N–H and O–H groups in total. The molecule has 130 valence electrons. The van der Waals surface area contributed by atoms with Crippen molar-refractivity contribution in [3.63, 3.8) is 0 Å². The highest BCUT2D eigenvalue weighted by molar-refractivity contribution is 5.93. The van der Waals surface area contributed by atoms with Crippen LogP contribution in [-0.4, -0.2) is 11.6 Å². The Bertz CT molecular complexity index is 667. The van der Waals surface area contributed by atoms with E-state index >= 15 is 0 Å².